The molecule has 0 aliphatic heterocycles. The van der Waals surface area contributed by atoms with Gasteiger partial charge in [0.2, 0.25) is 0 Å². The van der Waals surface area contributed by atoms with Gasteiger partial charge in [-0.1, -0.05) is 0 Å². The van der Waals surface area contributed by atoms with Crippen LogP contribution in [0.1, 0.15) is 10.4 Å². The maximum atomic E-state index is 13.6. The number of hydrogen-bond acceptors (Lipinski definition) is 1. The molecule has 15 heteroatoms. The third-order valence-corrected chi connectivity index (χ3v) is 5.54. The summed E-state index contributed by atoms with van der Waals surface area (Å²) in [6, 6.07) is 5.80. The molecule has 0 saturated heterocycles. The van der Waals surface area contributed by atoms with E-state index in [1.807, 2.05) is 0 Å². The Balaban J connectivity index is 3.20. The Hall–Kier alpha value is -1.50. The third-order valence-electron chi connectivity index (χ3n) is 3.38. The molecule has 0 amide bonds. The van der Waals surface area contributed by atoms with Gasteiger partial charge in [0.25, 0.3) is 0 Å². The van der Waals surface area contributed by atoms with Crippen molar-refractivity contribution in [3.63, 3.8) is 0 Å². The summed E-state index contributed by atoms with van der Waals surface area (Å²) in [5.41, 5.74) is -0.339. The van der Waals surface area contributed by atoms with E-state index < -0.39 is 60.7 Å². The van der Waals surface area contributed by atoms with Crippen molar-refractivity contribution in [2.45, 2.75) is 40.0 Å². The van der Waals surface area contributed by atoms with Crippen LogP contribution in [-0.4, -0.2) is 55.4 Å². The van der Waals surface area contributed by atoms with Crippen LogP contribution in [0, 0.1) is 0 Å². The van der Waals surface area contributed by atoms with Crippen molar-refractivity contribution in [1.29, 1.82) is 0 Å². The number of alkyl halides is 13. The molecule has 0 aromatic heterocycles. The second-order valence-corrected chi connectivity index (χ2v) is 7.68. The van der Waals surface area contributed by atoms with E-state index in [2.05, 4.69) is 0 Å². The number of Topliss-reactive ketones (excluding diaryl/α,β-unsaturated/α-hetero) is 1. The number of carbonyl (C=O) groups excluding carboxylic acids is 1. The van der Waals surface area contributed by atoms with Gasteiger partial charge in [0.1, 0.15) is 0 Å². The van der Waals surface area contributed by atoms with Gasteiger partial charge < -0.3 is 0 Å². The summed E-state index contributed by atoms with van der Waals surface area (Å²) in [4.78, 5) is 5.41. The van der Waals surface area contributed by atoms with Crippen LogP contribution < -0.4 is 0 Å². The number of ketones is 1. The van der Waals surface area contributed by atoms with Gasteiger partial charge in [0.05, 0.1) is 0 Å². The second-order valence-electron chi connectivity index (χ2n) is 5.39. The molecule has 29 heavy (non-hydrogen) atoms. The van der Waals surface area contributed by atoms with E-state index in [9.17, 15) is 61.9 Å². The van der Waals surface area contributed by atoms with Gasteiger partial charge in [-0.05, 0) is 0 Å². The van der Waals surface area contributed by atoms with E-state index in [1.165, 1.54) is 18.2 Å². The Kier molecular flexibility index (Phi) is 6.72. The summed E-state index contributed by atoms with van der Waals surface area (Å²) < 4.78 is 168. The van der Waals surface area contributed by atoms with E-state index in [0.717, 1.165) is 12.1 Å². The van der Waals surface area contributed by atoms with Gasteiger partial charge in [-0.3, -0.25) is 0 Å². The molecule has 1 nitrogen and oxygen atoms in total. The Bertz CT molecular complexity index is 727. The molecule has 0 N–H and O–H groups in total. The maximum absolute atomic E-state index is 13.6. The van der Waals surface area contributed by atoms with Gasteiger partial charge in [0.15, 0.2) is 0 Å². The first-order valence-corrected chi connectivity index (χ1v) is 8.99. The molecule has 0 aliphatic rings. The van der Waals surface area contributed by atoms with Crippen molar-refractivity contribution >= 4 is 20.7 Å². The molecule has 1 aromatic carbocycles. The zero-order chi connectivity index (χ0) is 23.1. The number of hydrogen-bond donors (Lipinski definition) is 0. The molecule has 0 saturated carbocycles. The van der Waals surface area contributed by atoms with E-state index in [-0.39, 0.29) is 5.56 Å². The van der Waals surface area contributed by atoms with Crippen LogP contribution in [0.25, 0.3) is 0 Å². The van der Waals surface area contributed by atoms with E-state index in [0.29, 0.717) is 0 Å². The van der Waals surface area contributed by atoms with Gasteiger partial charge in [-0.15, -0.1) is 0 Å². The Morgan fingerprint density at radius 3 is 1.48 bits per heavy atom. The predicted molar refractivity (Wildman–Crippen MR) is 72.1 cm³/mol. The monoisotopic (exact) mass is 518 g/mol. The van der Waals surface area contributed by atoms with Gasteiger partial charge in [0, 0.05) is 0 Å². The van der Waals surface area contributed by atoms with Crippen LogP contribution >= 0.6 is 0 Å². The number of benzene rings is 1. The minimum atomic E-state index is -7.93. The molecular weight excluding hydrogens is 510 g/mol. The molecule has 0 aliphatic carbocycles. The fourth-order valence-electron chi connectivity index (χ4n) is 1.71. The summed E-state index contributed by atoms with van der Waals surface area (Å²) in [5, 5.41) is -1.56. The second kappa shape index (κ2) is 7.64. The summed E-state index contributed by atoms with van der Waals surface area (Å²) in [5.74, 6) is -32.1. The summed E-state index contributed by atoms with van der Waals surface area (Å²) in [7, 11) is 0. The minimum absolute atomic E-state index is 0.339. The third kappa shape index (κ3) is 4.21. The summed E-state index contributed by atoms with van der Waals surface area (Å²) in [6.45, 7) is 0. The molecule has 0 unspecified atom stereocenters. The first kappa shape index (κ1) is 25.5. The van der Waals surface area contributed by atoms with Crippen LogP contribution in [-0.2, 0) is 0 Å². The van der Waals surface area contributed by atoms with Crippen molar-refractivity contribution in [1.82, 2.24) is 0 Å². The zero-order valence-corrected chi connectivity index (χ0v) is 15.0. The molecule has 0 atom stereocenters. The Morgan fingerprint density at radius 2 is 1.07 bits per heavy atom. The van der Waals surface area contributed by atoms with Crippen molar-refractivity contribution in [2.24, 2.45) is 0 Å². The SMILES string of the molecule is O=C(C[Se]C(F)(F)C(F)(F)C(F)(F)C(F)(F)C(F)(F)C(F)(F)F)c1ccccc1. The number of carbonyl (C=O) groups is 1. The fourth-order valence-corrected chi connectivity index (χ4v) is 3.36. The number of rotatable bonds is 8. The molecule has 0 spiro atoms. The molecule has 0 fully saturated rings. The summed E-state index contributed by atoms with van der Waals surface area (Å²) in [6.07, 6.45) is -7.44. The van der Waals surface area contributed by atoms with Crippen molar-refractivity contribution in [3.05, 3.63) is 35.9 Å². The fraction of sp³-hybridized carbons (Fsp3) is 0.500. The topological polar surface area (TPSA) is 17.1 Å². The van der Waals surface area contributed by atoms with E-state index >= 15 is 0 Å². The van der Waals surface area contributed by atoms with Gasteiger partial charge in [-0.25, -0.2) is 0 Å². The first-order valence-electron chi connectivity index (χ1n) is 6.92. The molecular formula is C14H7F13OSe. The standard InChI is InChI=1S/C14H7F13OSe/c15-9(16,11(19,20)13(23,24)25)10(17,18)12(21,22)14(26,27)29-6-8(28)7-4-2-1-3-5-7/h1-5H,6H2. The first-order chi connectivity index (χ1) is 12.7. The molecule has 0 radical (unpaired) electrons. The van der Waals surface area contributed by atoms with Crippen LogP contribution in [0.4, 0.5) is 57.1 Å². The van der Waals surface area contributed by atoms with Crippen LogP contribution in [0.2, 0.25) is 5.32 Å². The predicted octanol–water partition coefficient (Wildman–Crippen LogP) is 5.69. The normalized spacial score (nSPS) is 14.8. The average molecular weight is 517 g/mol. The van der Waals surface area contributed by atoms with Crippen molar-refractivity contribution in [2.75, 3.05) is 0 Å². The molecule has 0 bridgehead atoms. The molecule has 0 heterocycles. The Morgan fingerprint density at radius 1 is 0.655 bits per heavy atom. The summed E-state index contributed by atoms with van der Waals surface area (Å²) >= 11 is -3.21. The number of halogens is 13. The average Bonchev–Trinajstić information content (AvgIpc) is 2.58. The quantitative estimate of drug-likeness (QED) is 0.246. The van der Waals surface area contributed by atoms with Crippen LogP contribution in [0.5, 0.6) is 0 Å². The zero-order valence-electron chi connectivity index (χ0n) is 13.3. The molecule has 1 rings (SSSR count). The van der Waals surface area contributed by atoms with Crippen LogP contribution in [0.15, 0.2) is 30.3 Å². The van der Waals surface area contributed by atoms with Crippen LogP contribution in [0.3, 0.4) is 0 Å². The van der Waals surface area contributed by atoms with E-state index in [1.54, 1.807) is 0 Å². The van der Waals surface area contributed by atoms with E-state index in [4.69, 9.17) is 0 Å². The Labute approximate surface area is 159 Å². The van der Waals surface area contributed by atoms with Crippen molar-refractivity contribution < 1.29 is 61.9 Å². The van der Waals surface area contributed by atoms with Gasteiger partial charge in [-0.2, -0.15) is 0 Å². The van der Waals surface area contributed by atoms with Gasteiger partial charge >= 0.3 is 159 Å². The molecule has 1 aromatic rings. The molecule has 166 valence electrons. The van der Waals surface area contributed by atoms with Crippen molar-refractivity contribution in [3.8, 4) is 0 Å².